The van der Waals surface area contributed by atoms with Crippen LogP contribution in [0.1, 0.15) is 8.42 Å². The Kier molecular flexibility index (Phi) is 9.10. The van der Waals surface area contributed by atoms with Crippen molar-refractivity contribution in [3.05, 3.63) is 29.8 Å². The fraction of sp³-hybridized carbons (Fsp3) is 0.143. The smallest absolute Gasteiger partial charge is 1.00 e. The number of benzene rings is 1. The molecule has 0 aliphatic rings. The summed E-state index contributed by atoms with van der Waals surface area (Å²) in [6, 6.07) is 6.42. The maximum atomic E-state index is 11.1. The first-order chi connectivity index (χ1) is 5.56. The van der Waals surface area contributed by atoms with Gasteiger partial charge in [0.25, 0.3) is 10.0 Å². The third-order valence-corrected chi connectivity index (χ3v) is 3.14. The second-order valence-electron chi connectivity index (χ2n) is 2.39. The number of nitrogens with one attached hydrogen (secondary N) is 1. The summed E-state index contributed by atoms with van der Waals surface area (Å²) in [5, 5.41) is 0. The quantitative estimate of drug-likeness (QED) is 0.418. The predicted molar refractivity (Wildman–Crippen MR) is 49.6 cm³/mol. The third-order valence-electron chi connectivity index (χ3n) is 1.43. The SMILES string of the molecule is Cc1ccc(S(=O)(=O)NCl)cc1.[H-].[H-].[Li+].[Na+]. The van der Waals surface area contributed by atoms with Crippen molar-refractivity contribution in [2.24, 2.45) is 0 Å². The van der Waals surface area contributed by atoms with Gasteiger partial charge in [0, 0.05) is 0 Å². The van der Waals surface area contributed by atoms with Crippen LogP contribution in [0.3, 0.4) is 0 Å². The summed E-state index contributed by atoms with van der Waals surface area (Å²) in [7, 11) is -3.50. The Morgan fingerprint density at radius 2 is 1.71 bits per heavy atom. The average molecular weight is 238 g/mol. The minimum absolute atomic E-state index is 0. The van der Waals surface area contributed by atoms with Crippen molar-refractivity contribution < 1.29 is 59.7 Å². The number of sulfonamides is 1. The molecule has 1 aromatic rings. The summed E-state index contributed by atoms with van der Waals surface area (Å²) in [4.78, 5) is 0.170. The second-order valence-corrected chi connectivity index (χ2v) is 4.49. The normalized spacial score (nSPS) is 9.86. The van der Waals surface area contributed by atoms with E-state index in [0.29, 0.717) is 0 Å². The van der Waals surface area contributed by atoms with E-state index in [0.717, 1.165) is 5.56 Å². The molecular formula is C7H10ClLiNNaO2S. The van der Waals surface area contributed by atoms with Crippen LogP contribution in [0.4, 0.5) is 0 Å². The van der Waals surface area contributed by atoms with Gasteiger partial charge in [0.15, 0.2) is 0 Å². The average Bonchev–Trinajstić information content (AvgIpc) is 2.05. The van der Waals surface area contributed by atoms with E-state index in [1.807, 2.05) is 6.92 Å². The molecule has 1 rings (SSSR count). The van der Waals surface area contributed by atoms with Gasteiger partial charge in [-0.05, 0) is 30.8 Å². The van der Waals surface area contributed by atoms with Crippen molar-refractivity contribution in [2.75, 3.05) is 0 Å². The van der Waals surface area contributed by atoms with Crippen molar-refractivity contribution in [3.63, 3.8) is 0 Å². The summed E-state index contributed by atoms with van der Waals surface area (Å²) in [5.41, 5.74) is 1.00. The summed E-state index contributed by atoms with van der Waals surface area (Å²) >= 11 is 5.03. The molecule has 0 unspecified atom stereocenters. The Balaban J connectivity index is -0.000000180. The van der Waals surface area contributed by atoms with Gasteiger partial charge in [-0.15, -0.1) is 4.24 Å². The summed E-state index contributed by atoms with van der Waals surface area (Å²) in [6.45, 7) is 1.88. The van der Waals surface area contributed by atoms with E-state index < -0.39 is 10.0 Å². The van der Waals surface area contributed by atoms with Gasteiger partial charge in [-0.2, -0.15) is 0 Å². The van der Waals surface area contributed by atoms with Crippen LogP contribution in [-0.4, -0.2) is 8.42 Å². The van der Waals surface area contributed by atoms with Gasteiger partial charge in [-0.1, -0.05) is 17.7 Å². The molecule has 0 amide bonds. The predicted octanol–water partition coefficient (Wildman–Crippen LogP) is -4.34. The van der Waals surface area contributed by atoms with Crippen LogP contribution in [0.15, 0.2) is 29.2 Å². The van der Waals surface area contributed by atoms with Crippen LogP contribution in [0.5, 0.6) is 0 Å². The maximum Gasteiger partial charge on any atom is 1.00 e. The molecular weight excluding hydrogens is 228 g/mol. The Morgan fingerprint density at radius 1 is 1.29 bits per heavy atom. The number of aryl methyl sites for hydroxylation is 1. The minimum atomic E-state index is -3.50. The number of hydrogen-bond donors (Lipinski definition) is 1. The zero-order valence-corrected chi connectivity index (χ0v) is 12.0. The van der Waals surface area contributed by atoms with Crippen molar-refractivity contribution in [3.8, 4) is 0 Å². The van der Waals surface area contributed by atoms with Crippen LogP contribution in [-0.2, 0) is 10.0 Å². The fourth-order valence-corrected chi connectivity index (χ4v) is 1.61. The van der Waals surface area contributed by atoms with Gasteiger partial charge in [0.1, 0.15) is 0 Å². The fourth-order valence-electron chi connectivity index (χ4n) is 0.762. The molecule has 70 valence electrons. The molecule has 0 aliphatic carbocycles. The Bertz CT molecular complexity index is 376. The van der Waals surface area contributed by atoms with Crippen molar-refractivity contribution in [2.45, 2.75) is 11.8 Å². The van der Waals surface area contributed by atoms with Crippen LogP contribution < -0.4 is 52.7 Å². The zero-order chi connectivity index (χ0) is 9.19. The van der Waals surface area contributed by atoms with E-state index in [9.17, 15) is 8.42 Å². The van der Waals surface area contributed by atoms with E-state index >= 15 is 0 Å². The van der Waals surface area contributed by atoms with E-state index in [2.05, 4.69) is 0 Å². The summed E-state index contributed by atoms with van der Waals surface area (Å²) in [5.74, 6) is 0. The number of halogens is 1. The first-order valence-electron chi connectivity index (χ1n) is 3.25. The minimum Gasteiger partial charge on any atom is -1.00 e. The van der Waals surface area contributed by atoms with Gasteiger partial charge in [-0.3, -0.25) is 0 Å². The van der Waals surface area contributed by atoms with Crippen molar-refractivity contribution in [1.82, 2.24) is 4.24 Å². The van der Waals surface area contributed by atoms with E-state index in [1.54, 1.807) is 16.4 Å². The van der Waals surface area contributed by atoms with Gasteiger partial charge in [0.2, 0.25) is 0 Å². The standard InChI is InChI=1S/C7H8ClNO2S.Li.Na.2H/c1-6-2-4-7(5-3-6)12(10,11)9-8;;;;/h2-5,9H,1H3;;;;/q;2*+1;2*-1. The van der Waals surface area contributed by atoms with Gasteiger partial charge >= 0.3 is 48.4 Å². The second kappa shape index (κ2) is 7.32. The third kappa shape index (κ3) is 4.69. The first kappa shape index (κ1) is 17.4. The monoisotopic (exact) mass is 237 g/mol. The molecule has 7 heteroatoms. The molecule has 0 spiro atoms. The summed E-state index contributed by atoms with van der Waals surface area (Å²) < 4.78 is 23.9. The van der Waals surface area contributed by atoms with Crippen molar-refractivity contribution in [1.29, 1.82) is 0 Å². The molecule has 0 bridgehead atoms. The topological polar surface area (TPSA) is 46.2 Å². The zero-order valence-electron chi connectivity index (χ0n) is 10.4. The molecule has 1 N–H and O–H groups in total. The maximum absolute atomic E-state index is 11.1. The molecule has 0 heterocycles. The molecule has 0 aromatic heterocycles. The Morgan fingerprint density at radius 3 is 2.07 bits per heavy atom. The molecule has 0 saturated heterocycles. The van der Waals surface area contributed by atoms with Crippen LogP contribution in [0.2, 0.25) is 0 Å². The van der Waals surface area contributed by atoms with E-state index in [4.69, 9.17) is 11.8 Å². The summed E-state index contributed by atoms with van der Waals surface area (Å²) in [6.07, 6.45) is 0. The molecule has 0 aliphatic heterocycles. The van der Waals surface area contributed by atoms with Gasteiger partial charge in [-0.25, -0.2) is 8.42 Å². The molecule has 0 saturated carbocycles. The first-order valence-corrected chi connectivity index (χ1v) is 5.11. The van der Waals surface area contributed by atoms with Gasteiger partial charge in [0.05, 0.1) is 4.90 Å². The Labute approximate surface area is 126 Å². The molecule has 14 heavy (non-hydrogen) atoms. The van der Waals surface area contributed by atoms with Crippen LogP contribution in [0, 0.1) is 6.92 Å². The number of hydrogen-bond acceptors (Lipinski definition) is 2. The van der Waals surface area contributed by atoms with Crippen LogP contribution >= 0.6 is 11.8 Å². The Hall–Kier alpha value is 1.02. The van der Waals surface area contributed by atoms with Gasteiger partial charge < -0.3 is 2.85 Å². The molecule has 0 fully saturated rings. The molecule has 0 radical (unpaired) electrons. The van der Waals surface area contributed by atoms with E-state index in [-0.39, 0.29) is 56.2 Å². The van der Waals surface area contributed by atoms with E-state index in [1.165, 1.54) is 12.1 Å². The molecule has 1 aromatic carbocycles. The van der Waals surface area contributed by atoms with Crippen molar-refractivity contribution >= 4 is 21.8 Å². The largest absolute Gasteiger partial charge is 1.00 e. The van der Waals surface area contributed by atoms with Crippen LogP contribution in [0.25, 0.3) is 0 Å². The molecule has 0 atom stereocenters. The number of rotatable bonds is 2. The molecule has 3 nitrogen and oxygen atoms in total.